The lowest BCUT2D eigenvalue weighted by atomic mass is 9.79. The van der Waals surface area contributed by atoms with Gasteiger partial charge in [0.25, 0.3) is 16.1 Å². The van der Waals surface area contributed by atoms with E-state index in [-0.39, 0.29) is 55.8 Å². The fourth-order valence-corrected chi connectivity index (χ4v) is 10.8. The number of piperidine rings is 1. The maximum atomic E-state index is 13.7. The molecule has 0 saturated carbocycles. The molecule has 1 aromatic rings. The molecule has 1 aromatic carbocycles. The molecule has 4 aliphatic rings. The second-order valence-electron chi connectivity index (χ2n) is 17.0. The maximum absolute atomic E-state index is 13.7. The van der Waals surface area contributed by atoms with Crippen LogP contribution in [0.4, 0.5) is 0 Å². The van der Waals surface area contributed by atoms with Crippen LogP contribution < -0.4 is 24.2 Å². The largest absolute Gasteiger partial charge is 0.493 e. The minimum absolute atomic E-state index is 0.0422. The van der Waals surface area contributed by atoms with Gasteiger partial charge in [0.15, 0.2) is 11.5 Å². The number of nitrogens with one attached hydrogen (secondary N) is 3. The highest BCUT2D eigenvalue weighted by molar-refractivity contribution is 8.03. The lowest BCUT2D eigenvalue weighted by molar-refractivity contribution is -0.166. The van der Waals surface area contributed by atoms with Crippen molar-refractivity contribution >= 4 is 51.5 Å². The molecule has 5 N–H and O–H groups in total. The molecule has 0 aliphatic carbocycles. The molecule has 0 radical (unpaired) electrons. The molecule has 3 saturated heterocycles. The Kier molecular flexibility index (Phi) is 16.9. The summed E-state index contributed by atoms with van der Waals surface area (Å²) in [6.07, 6.45) is 1.84. The number of carbonyl (C=O) groups excluding carboxylic acids is 4. The number of aryl methyl sites for hydroxylation is 1. The molecular weight excluding hydrogens is 847 g/mol. The number of ether oxygens (including phenoxy) is 4. The number of β-lactam (4-membered cyclic amide) rings is 1. The van der Waals surface area contributed by atoms with Crippen LogP contribution in [0.15, 0.2) is 28.8 Å². The molecule has 18 nitrogen and oxygen atoms in total. The Morgan fingerprint density at radius 1 is 1.10 bits per heavy atom. The standard InChI is InChI=1S/C42H63N5O13S2/c1-8-42(4,5)37(49)39(51)46-17-10-9-11-30(46)41(54)60-28(14-12-26-13-15-31(57-6)32(19-26)58-7)23-59-18-16-44-62(55,56)45-21-27-20-29(22-43-27)61-36-24(2)34-33(25(3)48)38(50)47(34)35(36)40(52)53/h13,15,19,24-25,27-30,33-34,43-45,48H,8-12,14,16-18,20-23H2,1-7H3,(H,52,53)/t24-,25-,27+,28-,29+,30+,33-,34-/m1/s1. The zero-order chi connectivity index (χ0) is 45.5. The second kappa shape index (κ2) is 21.3. The van der Waals surface area contributed by atoms with Crippen LogP contribution in [0.5, 0.6) is 11.5 Å². The van der Waals surface area contributed by atoms with E-state index in [9.17, 15) is 42.6 Å². The van der Waals surface area contributed by atoms with Crippen molar-refractivity contribution in [1.82, 2.24) is 24.6 Å². The van der Waals surface area contributed by atoms with Gasteiger partial charge in [0.05, 0.1) is 45.5 Å². The summed E-state index contributed by atoms with van der Waals surface area (Å²) in [5.74, 6) is -3.28. The van der Waals surface area contributed by atoms with Crippen LogP contribution >= 0.6 is 11.8 Å². The fraction of sp³-hybridized carbons (Fsp3) is 0.690. The third-order valence-corrected chi connectivity index (χ3v) is 15.0. The van der Waals surface area contributed by atoms with Gasteiger partial charge in [-0.05, 0) is 69.6 Å². The second-order valence-corrected chi connectivity index (χ2v) is 20.0. The first-order chi connectivity index (χ1) is 29.3. The number of methoxy groups -OCH3 is 2. The Hall–Kier alpha value is -3.79. The van der Waals surface area contributed by atoms with Gasteiger partial charge in [-0.1, -0.05) is 33.8 Å². The quantitative estimate of drug-likeness (QED) is 0.0457. The summed E-state index contributed by atoms with van der Waals surface area (Å²) < 4.78 is 53.5. The average Bonchev–Trinajstić information content (AvgIpc) is 3.80. The number of ketones is 1. The van der Waals surface area contributed by atoms with Crippen LogP contribution in [0.25, 0.3) is 0 Å². The average molecular weight is 910 g/mol. The molecule has 62 heavy (non-hydrogen) atoms. The Morgan fingerprint density at radius 3 is 2.48 bits per heavy atom. The van der Waals surface area contributed by atoms with E-state index < -0.39 is 75.4 Å². The Balaban J connectivity index is 1.12. The lowest BCUT2D eigenvalue weighted by Crippen LogP contribution is -2.63. The number of Topliss-reactive ketones (excluding diaryl/α,β-unsaturated/α-hetero) is 1. The predicted octanol–water partition coefficient (Wildman–Crippen LogP) is 1.99. The van der Waals surface area contributed by atoms with Gasteiger partial charge in [-0.15, -0.1) is 11.8 Å². The summed E-state index contributed by atoms with van der Waals surface area (Å²) in [7, 11) is -0.873. The zero-order valence-corrected chi connectivity index (χ0v) is 38.3. The highest BCUT2D eigenvalue weighted by atomic mass is 32.2. The first kappa shape index (κ1) is 49.2. The molecule has 0 spiro atoms. The first-order valence-electron chi connectivity index (χ1n) is 21.3. The highest BCUT2D eigenvalue weighted by Crippen LogP contribution is 2.51. The van der Waals surface area contributed by atoms with Crippen LogP contribution in [-0.2, 0) is 50.1 Å². The predicted molar refractivity (Wildman–Crippen MR) is 229 cm³/mol. The molecule has 4 aliphatic heterocycles. The van der Waals surface area contributed by atoms with Gasteiger partial charge < -0.3 is 44.3 Å². The monoisotopic (exact) mass is 909 g/mol. The summed E-state index contributed by atoms with van der Waals surface area (Å²) in [5.41, 5.74) is -0.0328. The van der Waals surface area contributed by atoms with Crippen LogP contribution in [0.2, 0.25) is 0 Å². The van der Waals surface area contributed by atoms with Gasteiger partial charge in [0, 0.05) is 53.7 Å². The molecule has 0 aromatic heterocycles. The van der Waals surface area contributed by atoms with Crippen molar-refractivity contribution < 1.29 is 61.6 Å². The summed E-state index contributed by atoms with van der Waals surface area (Å²) in [4.78, 5) is 68.3. The molecule has 4 heterocycles. The number of rotatable bonds is 23. The highest BCUT2D eigenvalue weighted by Gasteiger charge is 2.60. The van der Waals surface area contributed by atoms with Crippen LogP contribution in [0.3, 0.4) is 0 Å². The third-order valence-electron chi connectivity index (χ3n) is 12.4. The number of esters is 1. The number of likely N-dealkylation sites (tertiary alicyclic amines) is 1. The van der Waals surface area contributed by atoms with E-state index in [4.69, 9.17) is 18.9 Å². The number of hydrogen-bond donors (Lipinski definition) is 5. The zero-order valence-electron chi connectivity index (χ0n) is 36.6. The smallest absolute Gasteiger partial charge is 0.353 e. The van der Waals surface area contributed by atoms with E-state index >= 15 is 0 Å². The molecule has 0 bridgehead atoms. The van der Waals surface area contributed by atoms with Crippen molar-refractivity contribution in [2.24, 2.45) is 17.3 Å². The van der Waals surface area contributed by atoms with E-state index in [1.807, 2.05) is 26.0 Å². The number of thioether (sulfide) groups is 1. The van der Waals surface area contributed by atoms with E-state index in [0.29, 0.717) is 67.9 Å². The number of carbonyl (C=O) groups is 5. The number of aliphatic hydroxyl groups excluding tert-OH is 1. The Bertz CT molecular complexity index is 1960. The first-order valence-corrected chi connectivity index (χ1v) is 23.7. The molecular formula is C42H63N5O13S2. The van der Waals surface area contributed by atoms with Crippen molar-refractivity contribution in [3.63, 3.8) is 0 Å². The van der Waals surface area contributed by atoms with Crippen LogP contribution in [0, 0.1) is 17.3 Å². The van der Waals surface area contributed by atoms with Crippen molar-refractivity contribution in [2.75, 3.05) is 53.6 Å². The van der Waals surface area contributed by atoms with Gasteiger partial charge in [0.1, 0.15) is 17.8 Å². The lowest BCUT2D eigenvalue weighted by Gasteiger charge is -2.46. The SMILES string of the molecule is CCC(C)(C)C(=O)C(=O)N1CCCC[C@H]1C(=O)O[C@H](CCc1ccc(OC)c(OC)c1)COCCNS(=O)(=O)NC[C@@H]1C[C@H](SC2=C(C(=O)O)N3C(=O)[C@H]([C@@H](C)O)[C@H]3[C@H]2C)CN1. The summed E-state index contributed by atoms with van der Waals surface area (Å²) in [6.45, 7) is 9.30. The maximum Gasteiger partial charge on any atom is 0.353 e. The summed E-state index contributed by atoms with van der Waals surface area (Å²) in [5, 5.41) is 23.3. The minimum Gasteiger partial charge on any atom is -0.493 e. The fourth-order valence-electron chi connectivity index (χ4n) is 8.39. The number of carboxylic acids is 1. The van der Waals surface area contributed by atoms with E-state index in [1.165, 1.54) is 42.7 Å². The summed E-state index contributed by atoms with van der Waals surface area (Å²) in [6, 6.07) is 3.90. The number of aliphatic hydroxyl groups is 1. The minimum atomic E-state index is -3.95. The molecule has 20 heteroatoms. The number of benzene rings is 1. The van der Waals surface area contributed by atoms with Gasteiger partial charge in [-0.2, -0.15) is 13.1 Å². The number of amides is 2. The molecule has 8 atom stereocenters. The molecule has 3 fully saturated rings. The number of carboxylic acid groups (broad SMARTS) is 1. The number of fused-ring (bicyclic) bond motifs is 1. The third kappa shape index (κ3) is 11.5. The molecule has 346 valence electrons. The van der Waals surface area contributed by atoms with Crippen molar-refractivity contribution in [1.29, 1.82) is 0 Å². The summed E-state index contributed by atoms with van der Waals surface area (Å²) >= 11 is 1.38. The number of nitrogens with zero attached hydrogens (tertiary/aromatic N) is 2. The molecule has 0 unspecified atom stereocenters. The van der Waals surface area contributed by atoms with E-state index in [2.05, 4.69) is 14.8 Å². The Labute approximate surface area is 368 Å². The molecule has 5 rings (SSSR count). The normalized spacial score (nSPS) is 24.9. The van der Waals surface area contributed by atoms with E-state index in [1.54, 1.807) is 19.9 Å². The van der Waals surface area contributed by atoms with Crippen LogP contribution in [0.1, 0.15) is 78.7 Å². The van der Waals surface area contributed by atoms with Gasteiger partial charge in [-0.25, -0.2) is 14.3 Å². The number of aliphatic carboxylic acids is 1. The number of hydrogen-bond acceptors (Lipinski definition) is 14. The topological polar surface area (TPSA) is 239 Å². The van der Waals surface area contributed by atoms with Crippen molar-refractivity contribution in [3.05, 3.63) is 34.4 Å². The van der Waals surface area contributed by atoms with Gasteiger partial charge >= 0.3 is 11.9 Å². The van der Waals surface area contributed by atoms with Gasteiger partial charge in [-0.3, -0.25) is 14.4 Å². The van der Waals surface area contributed by atoms with E-state index in [0.717, 1.165) is 5.56 Å². The van der Waals surface area contributed by atoms with Crippen molar-refractivity contribution in [2.45, 2.75) is 115 Å². The molecule has 2 amide bonds. The van der Waals surface area contributed by atoms with Crippen LogP contribution in [-0.4, -0.2) is 147 Å². The van der Waals surface area contributed by atoms with Gasteiger partial charge in [0.2, 0.25) is 11.7 Å². The Morgan fingerprint density at radius 2 is 1.82 bits per heavy atom. The van der Waals surface area contributed by atoms with Crippen molar-refractivity contribution in [3.8, 4) is 11.5 Å².